The van der Waals surface area contributed by atoms with Crippen molar-refractivity contribution in [1.82, 2.24) is 4.90 Å². The molecule has 0 aromatic rings. The second-order valence-electron chi connectivity index (χ2n) is 6.47. The quantitative estimate of drug-likeness (QED) is 0.677. The number of rotatable bonds is 1. The van der Waals surface area contributed by atoms with Crippen LogP contribution in [0.2, 0.25) is 0 Å². The van der Waals surface area contributed by atoms with Crippen LogP contribution in [0.4, 0.5) is 0 Å². The van der Waals surface area contributed by atoms with Gasteiger partial charge < -0.3 is 0 Å². The normalized spacial score (nSPS) is 35.9. The van der Waals surface area contributed by atoms with Crippen LogP contribution in [0.5, 0.6) is 0 Å². The first-order chi connectivity index (χ1) is 8.66. The zero-order valence-corrected chi connectivity index (χ0v) is 11.9. The molecule has 0 bridgehead atoms. The van der Waals surface area contributed by atoms with Crippen LogP contribution in [0.3, 0.4) is 0 Å². The Labute approximate surface area is 111 Å². The fraction of sp³-hybridized carbons (Fsp3) is 0.647. The van der Waals surface area contributed by atoms with E-state index in [0.29, 0.717) is 6.04 Å². The molecule has 3 unspecified atom stereocenters. The summed E-state index contributed by atoms with van der Waals surface area (Å²) in [4.78, 5) is 2.62. The highest BCUT2D eigenvalue weighted by atomic mass is 15.2. The number of hydrogen-bond donors (Lipinski definition) is 0. The summed E-state index contributed by atoms with van der Waals surface area (Å²) in [6.45, 7) is 9.59. The minimum absolute atomic E-state index is 0.681. The molecule has 2 aliphatic carbocycles. The molecule has 0 N–H and O–H groups in total. The van der Waals surface area contributed by atoms with Gasteiger partial charge >= 0.3 is 0 Å². The van der Waals surface area contributed by atoms with E-state index >= 15 is 0 Å². The first-order valence-electron chi connectivity index (χ1n) is 7.48. The van der Waals surface area contributed by atoms with E-state index in [1.54, 1.807) is 11.1 Å². The van der Waals surface area contributed by atoms with Gasteiger partial charge in [0.25, 0.3) is 0 Å². The minimum atomic E-state index is 0.681. The summed E-state index contributed by atoms with van der Waals surface area (Å²) in [7, 11) is 0. The minimum Gasteiger partial charge on any atom is -0.297 e. The number of likely N-dealkylation sites (tertiary alicyclic amines) is 1. The van der Waals surface area contributed by atoms with Crippen LogP contribution in [0.25, 0.3) is 0 Å². The van der Waals surface area contributed by atoms with E-state index in [-0.39, 0.29) is 0 Å². The van der Waals surface area contributed by atoms with Crippen molar-refractivity contribution in [3.05, 3.63) is 35.5 Å². The molecule has 3 aliphatic rings. The highest BCUT2D eigenvalue weighted by Crippen LogP contribution is 2.44. The molecule has 1 heteroatoms. The van der Waals surface area contributed by atoms with E-state index in [1.807, 2.05) is 0 Å². The molecule has 98 valence electrons. The van der Waals surface area contributed by atoms with Gasteiger partial charge in [0.2, 0.25) is 0 Å². The van der Waals surface area contributed by atoms with E-state index in [1.165, 1.54) is 25.9 Å². The Hall–Kier alpha value is -0.820. The molecule has 0 aromatic heterocycles. The topological polar surface area (TPSA) is 3.24 Å². The summed E-state index contributed by atoms with van der Waals surface area (Å²) in [6.07, 6.45) is 12.0. The van der Waals surface area contributed by atoms with Crippen molar-refractivity contribution in [3.63, 3.8) is 0 Å². The molecule has 3 atom stereocenters. The van der Waals surface area contributed by atoms with Crippen LogP contribution in [0.15, 0.2) is 35.5 Å². The lowest BCUT2D eigenvalue weighted by molar-refractivity contribution is 0.151. The van der Waals surface area contributed by atoms with Crippen molar-refractivity contribution in [2.75, 3.05) is 13.1 Å². The Balaban J connectivity index is 1.88. The maximum Gasteiger partial charge on any atom is 0.0201 e. The van der Waals surface area contributed by atoms with Crippen molar-refractivity contribution < 1.29 is 0 Å². The molecular weight excluding hydrogens is 218 g/mol. The fourth-order valence-electron chi connectivity index (χ4n) is 3.95. The third-order valence-electron chi connectivity index (χ3n) is 5.18. The fourth-order valence-corrected chi connectivity index (χ4v) is 3.95. The van der Waals surface area contributed by atoms with Gasteiger partial charge in [0.05, 0.1) is 0 Å². The summed E-state index contributed by atoms with van der Waals surface area (Å²) >= 11 is 0. The maximum atomic E-state index is 2.62. The van der Waals surface area contributed by atoms with Crippen LogP contribution in [-0.4, -0.2) is 24.0 Å². The summed E-state index contributed by atoms with van der Waals surface area (Å²) in [5.74, 6) is 2.46. The molecule has 1 nitrogen and oxygen atoms in total. The molecule has 0 saturated carbocycles. The summed E-state index contributed by atoms with van der Waals surface area (Å²) in [5.41, 5.74) is 3.28. The SMILES string of the molecule is CC1C2CC=CC=C2C=C2CN(C(C)C)CCC21. The van der Waals surface area contributed by atoms with E-state index < -0.39 is 0 Å². The average Bonchev–Trinajstić information content (AvgIpc) is 2.38. The molecule has 3 rings (SSSR count). The standard InChI is InChI=1S/C17H25N/c1-12(2)18-9-8-17-13(3)16-7-5-4-6-14(16)10-15(17)11-18/h4-6,10,12-13,16-17H,7-9,11H2,1-3H3. The van der Waals surface area contributed by atoms with Gasteiger partial charge in [0.15, 0.2) is 0 Å². The van der Waals surface area contributed by atoms with Gasteiger partial charge in [0.1, 0.15) is 0 Å². The number of nitrogens with zero attached hydrogens (tertiary/aromatic N) is 1. The predicted octanol–water partition coefficient (Wildman–Crippen LogP) is 3.80. The highest BCUT2D eigenvalue weighted by molar-refractivity contribution is 5.38. The lowest BCUT2D eigenvalue weighted by Gasteiger charge is -2.45. The predicted molar refractivity (Wildman–Crippen MR) is 77.4 cm³/mol. The van der Waals surface area contributed by atoms with Gasteiger partial charge in [0, 0.05) is 12.6 Å². The van der Waals surface area contributed by atoms with Crippen molar-refractivity contribution in [2.24, 2.45) is 17.8 Å². The molecule has 0 aromatic carbocycles. The van der Waals surface area contributed by atoms with E-state index in [0.717, 1.165) is 17.8 Å². The highest BCUT2D eigenvalue weighted by Gasteiger charge is 2.37. The average molecular weight is 243 g/mol. The van der Waals surface area contributed by atoms with E-state index in [4.69, 9.17) is 0 Å². The van der Waals surface area contributed by atoms with Crippen molar-refractivity contribution in [2.45, 2.75) is 39.7 Å². The third-order valence-corrected chi connectivity index (χ3v) is 5.18. The maximum absolute atomic E-state index is 2.62. The van der Waals surface area contributed by atoms with Crippen LogP contribution >= 0.6 is 0 Å². The van der Waals surface area contributed by atoms with Gasteiger partial charge in [-0.25, -0.2) is 0 Å². The lowest BCUT2D eigenvalue weighted by Crippen LogP contribution is -2.44. The van der Waals surface area contributed by atoms with Crippen molar-refractivity contribution in [3.8, 4) is 0 Å². The molecule has 1 aliphatic heterocycles. The molecule has 1 saturated heterocycles. The summed E-state index contributed by atoms with van der Waals surface area (Å²) < 4.78 is 0. The van der Waals surface area contributed by atoms with Gasteiger partial charge in [-0.2, -0.15) is 0 Å². The Kier molecular flexibility index (Phi) is 3.19. The molecular formula is C17H25N. The number of fused-ring (bicyclic) bond motifs is 2. The van der Waals surface area contributed by atoms with Crippen molar-refractivity contribution in [1.29, 1.82) is 0 Å². The number of piperidine rings is 1. The summed E-state index contributed by atoms with van der Waals surface area (Å²) in [6, 6.07) is 0.681. The van der Waals surface area contributed by atoms with Gasteiger partial charge in [-0.15, -0.1) is 0 Å². The van der Waals surface area contributed by atoms with Gasteiger partial charge in [-0.1, -0.05) is 36.8 Å². The smallest absolute Gasteiger partial charge is 0.0201 e. The zero-order valence-electron chi connectivity index (χ0n) is 11.9. The lowest BCUT2D eigenvalue weighted by atomic mass is 9.66. The second kappa shape index (κ2) is 4.70. The monoisotopic (exact) mass is 243 g/mol. The Morgan fingerprint density at radius 1 is 1.28 bits per heavy atom. The van der Waals surface area contributed by atoms with Crippen LogP contribution in [0.1, 0.15) is 33.6 Å². The molecule has 0 radical (unpaired) electrons. The Bertz CT molecular complexity index is 413. The Morgan fingerprint density at radius 3 is 2.89 bits per heavy atom. The molecule has 1 fully saturated rings. The first-order valence-corrected chi connectivity index (χ1v) is 7.48. The van der Waals surface area contributed by atoms with Crippen molar-refractivity contribution >= 4 is 0 Å². The molecule has 1 heterocycles. The molecule has 0 spiro atoms. The second-order valence-corrected chi connectivity index (χ2v) is 6.47. The van der Waals surface area contributed by atoms with Gasteiger partial charge in [-0.3, -0.25) is 4.90 Å². The van der Waals surface area contributed by atoms with Gasteiger partial charge in [-0.05, 0) is 56.6 Å². The van der Waals surface area contributed by atoms with E-state index in [9.17, 15) is 0 Å². The van der Waals surface area contributed by atoms with Crippen LogP contribution in [0, 0.1) is 17.8 Å². The number of allylic oxidation sites excluding steroid dienone is 5. The number of hydrogen-bond acceptors (Lipinski definition) is 1. The van der Waals surface area contributed by atoms with Crippen LogP contribution in [-0.2, 0) is 0 Å². The molecule has 0 amide bonds. The molecule has 18 heavy (non-hydrogen) atoms. The third kappa shape index (κ3) is 1.99. The zero-order chi connectivity index (χ0) is 12.7. The Morgan fingerprint density at radius 2 is 2.11 bits per heavy atom. The first kappa shape index (κ1) is 12.2. The van der Waals surface area contributed by atoms with E-state index in [2.05, 4.69) is 50.0 Å². The largest absolute Gasteiger partial charge is 0.297 e. The summed E-state index contributed by atoms with van der Waals surface area (Å²) in [5, 5.41) is 0. The van der Waals surface area contributed by atoms with Crippen LogP contribution < -0.4 is 0 Å².